The Kier molecular flexibility index (Phi) is 4.01. The van der Waals surface area contributed by atoms with Gasteiger partial charge in [0.15, 0.2) is 0 Å². The molecule has 2 nitrogen and oxygen atoms in total. The van der Waals surface area contributed by atoms with E-state index in [9.17, 15) is 0 Å². The summed E-state index contributed by atoms with van der Waals surface area (Å²) in [5, 5.41) is 3.33. The van der Waals surface area contributed by atoms with Crippen molar-refractivity contribution >= 4 is 11.4 Å². The Morgan fingerprint density at radius 1 is 0.909 bits per heavy atom. The molecule has 1 heterocycles. The molecule has 108 valence electrons. The van der Waals surface area contributed by atoms with Gasteiger partial charge >= 0.3 is 0 Å². The van der Waals surface area contributed by atoms with Crippen LogP contribution in [0, 0.1) is 6.92 Å². The molecule has 0 aliphatic rings. The lowest BCUT2D eigenvalue weighted by Gasteiger charge is -2.11. The van der Waals surface area contributed by atoms with Crippen molar-refractivity contribution in [2.24, 2.45) is 0 Å². The predicted molar refractivity (Wildman–Crippen MR) is 93.5 cm³/mol. The van der Waals surface area contributed by atoms with E-state index in [-0.39, 0.29) is 0 Å². The summed E-state index contributed by atoms with van der Waals surface area (Å²) in [6.07, 6.45) is 3.69. The molecule has 0 saturated heterocycles. The summed E-state index contributed by atoms with van der Waals surface area (Å²) >= 11 is 0. The van der Waals surface area contributed by atoms with Crippen LogP contribution in [-0.2, 0) is 0 Å². The molecule has 0 spiro atoms. The Morgan fingerprint density at radius 3 is 2.50 bits per heavy atom. The molecule has 3 aromatic rings. The number of hydrogen-bond acceptors (Lipinski definition) is 2. The van der Waals surface area contributed by atoms with Crippen LogP contribution >= 0.6 is 0 Å². The van der Waals surface area contributed by atoms with Crippen LogP contribution in [0.3, 0.4) is 0 Å². The van der Waals surface area contributed by atoms with Crippen LogP contribution in [0.15, 0.2) is 79.6 Å². The Labute approximate surface area is 131 Å². The average Bonchev–Trinajstić information content (AvgIpc) is 2.56. The average molecular weight is 286 g/mol. The maximum Gasteiger partial charge on any atom is 0.0576 e. The molecule has 0 radical (unpaired) electrons. The van der Waals surface area contributed by atoms with E-state index in [1.54, 1.807) is 0 Å². The van der Waals surface area contributed by atoms with E-state index in [1.165, 1.54) is 11.1 Å². The third kappa shape index (κ3) is 3.23. The maximum atomic E-state index is 4.33. The fourth-order valence-corrected chi connectivity index (χ4v) is 2.38. The molecule has 0 amide bonds. The number of aryl methyl sites for hydroxylation is 1. The van der Waals surface area contributed by atoms with Crippen molar-refractivity contribution in [2.45, 2.75) is 6.92 Å². The zero-order valence-corrected chi connectivity index (χ0v) is 12.6. The van der Waals surface area contributed by atoms with Crippen LogP contribution in [0.25, 0.3) is 16.8 Å². The minimum absolute atomic E-state index is 0.865. The Bertz CT molecular complexity index is 792. The maximum absolute atomic E-state index is 4.33. The summed E-state index contributed by atoms with van der Waals surface area (Å²) < 4.78 is 0. The van der Waals surface area contributed by atoms with Crippen molar-refractivity contribution in [1.29, 1.82) is 0 Å². The summed E-state index contributed by atoms with van der Waals surface area (Å²) in [5.74, 6) is 0. The van der Waals surface area contributed by atoms with Crippen LogP contribution in [0.1, 0.15) is 11.1 Å². The molecule has 3 rings (SSSR count). The molecule has 0 bridgehead atoms. The molecule has 2 aromatic carbocycles. The van der Waals surface area contributed by atoms with E-state index in [1.807, 2.05) is 42.7 Å². The fraction of sp³-hybridized carbons (Fsp3) is 0.0500. The van der Waals surface area contributed by atoms with Crippen molar-refractivity contribution in [3.63, 3.8) is 0 Å². The highest BCUT2D eigenvalue weighted by Gasteiger charge is 2.03. The zero-order valence-electron chi connectivity index (χ0n) is 12.6. The number of anilines is 1. The lowest BCUT2D eigenvalue weighted by atomic mass is 10.1. The molecule has 1 aromatic heterocycles. The van der Waals surface area contributed by atoms with Crippen LogP contribution in [0.2, 0.25) is 0 Å². The summed E-state index contributed by atoms with van der Waals surface area (Å²) in [7, 11) is 0. The monoisotopic (exact) mass is 286 g/mol. The van der Waals surface area contributed by atoms with E-state index >= 15 is 0 Å². The second-order valence-electron chi connectivity index (χ2n) is 5.30. The van der Waals surface area contributed by atoms with Crippen LogP contribution in [0.4, 0.5) is 5.69 Å². The summed E-state index contributed by atoms with van der Waals surface area (Å²) in [6.45, 7) is 6.19. The number of pyridine rings is 1. The van der Waals surface area contributed by atoms with E-state index < -0.39 is 0 Å². The molecule has 0 atom stereocenters. The van der Waals surface area contributed by atoms with E-state index in [0.717, 1.165) is 22.5 Å². The van der Waals surface area contributed by atoms with Gasteiger partial charge in [0.25, 0.3) is 0 Å². The molecular weight excluding hydrogens is 268 g/mol. The quantitative estimate of drug-likeness (QED) is 0.718. The van der Waals surface area contributed by atoms with Gasteiger partial charge in [-0.2, -0.15) is 0 Å². The van der Waals surface area contributed by atoms with Gasteiger partial charge in [0.2, 0.25) is 0 Å². The first-order valence-corrected chi connectivity index (χ1v) is 7.26. The van der Waals surface area contributed by atoms with Crippen LogP contribution in [-0.4, -0.2) is 4.98 Å². The minimum atomic E-state index is 0.865. The molecular formula is C20H18N2. The Morgan fingerprint density at radius 2 is 1.73 bits per heavy atom. The number of benzene rings is 2. The second kappa shape index (κ2) is 6.27. The SMILES string of the molecule is C=C(Nc1cncc(-c2cccc(C)c2)c1)c1ccccc1. The standard InChI is InChI=1S/C20H18N2/c1-15-7-6-10-18(11-15)19-12-20(14-21-13-19)22-16(2)17-8-4-3-5-9-17/h3-14,22H,2H2,1H3. The molecule has 0 fully saturated rings. The van der Waals surface area contributed by atoms with Gasteiger partial charge in [-0.1, -0.05) is 66.7 Å². The topological polar surface area (TPSA) is 24.9 Å². The van der Waals surface area contributed by atoms with Gasteiger partial charge < -0.3 is 5.32 Å². The smallest absolute Gasteiger partial charge is 0.0576 e. The highest BCUT2D eigenvalue weighted by Crippen LogP contribution is 2.24. The highest BCUT2D eigenvalue weighted by atomic mass is 14.9. The van der Waals surface area contributed by atoms with Crippen molar-refractivity contribution in [3.8, 4) is 11.1 Å². The van der Waals surface area contributed by atoms with Crippen molar-refractivity contribution in [2.75, 3.05) is 5.32 Å². The van der Waals surface area contributed by atoms with Gasteiger partial charge in [0.1, 0.15) is 0 Å². The first kappa shape index (κ1) is 14.1. The number of aromatic nitrogens is 1. The summed E-state index contributed by atoms with van der Waals surface area (Å²) in [4.78, 5) is 4.33. The van der Waals surface area contributed by atoms with Crippen LogP contribution < -0.4 is 5.32 Å². The molecule has 0 saturated carbocycles. The van der Waals surface area contributed by atoms with E-state index in [2.05, 4.69) is 54.1 Å². The molecule has 0 unspecified atom stereocenters. The first-order valence-electron chi connectivity index (χ1n) is 7.26. The normalized spacial score (nSPS) is 10.2. The van der Waals surface area contributed by atoms with Gasteiger partial charge in [-0.05, 0) is 24.1 Å². The summed E-state index contributed by atoms with van der Waals surface area (Å²) in [5.41, 5.74) is 6.38. The number of nitrogens with zero attached hydrogens (tertiary/aromatic N) is 1. The second-order valence-corrected chi connectivity index (χ2v) is 5.30. The molecule has 0 aliphatic heterocycles. The van der Waals surface area contributed by atoms with E-state index in [4.69, 9.17) is 0 Å². The molecule has 0 aliphatic carbocycles. The van der Waals surface area contributed by atoms with E-state index in [0.29, 0.717) is 0 Å². The number of nitrogens with one attached hydrogen (secondary N) is 1. The molecule has 1 N–H and O–H groups in total. The molecule has 22 heavy (non-hydrogen) atoms. The Hall–Kier alpha value is -2.87. The highest BCUT2D eigenvalue weighted by molar-refractivity contribution is 5.77. The number of hydrogen-bond donors (Lipinski definition) is 1. The van der Waals surface area contributed by atoms with Crippen molar-refractivity contribution in [1.82, 2.24) is 4.98 Å². The van der Waals surface area contributed by atoms with Gasteiger partial charge in [0, 0.05) is 17.5 Å². The fourth-order valence-electron chi connectivity index (χ4n) is 2.38. The number of rotatable bonds is 4. The van der Waals surface area contributed by atoms with Gasteiger partial charge in [-0.15, -0.1) is 0 Å². The lowest BCUT2D eigenvalue weighted by molar-refractivity contribution is 1.32. The predicted octanol–water partition coefficient (Wildman–Crippen LogP) is 5.14. The third-order valence-corrected chi connectivity index (χ3v) is 3.51. The molecule has 2 heteroatoms. The van der Waals surface area contributed by atoms with Crippen molar-refractivity contribution in [3.05, 3.63) is 90.8 Å². The lowest BCUT2D eigenvalue weighted by Crippen LogP contribution is -1.98. The van der Waals surface area contributed by atoms with Gasteiger partial charge in [0.05, 0.1) is 11.9 Å². The first-order chi connectivity index (χ1) is 10.7. The van der Waals surface area contributed by atoms with Crippen molar-refractivity contribution < 1.29 is 0 Å². The third-order valence-electron chi connectivity index (χ3n) is 3.51. The van der Waals surface area contributed by atoms with Gasteiger partial charge in [-0.3, -0.25) is 4.98 Å². The minimum Gasteiger partial charge on any atom is -0.354 e. The Balaban J connectivity index is 1.84. The van der Waals surface area contributed by atoms with Crippen LogP contribution in [0.5, 0.6) is 0 Å². The zero-order chi connectivity index (χ0) is 15.4. The summed E-state index contributed by atoms with van der Waals surface area (Å²) in [6, 6.07) is 20.6. The largest absolute Gasteiger partial charge is 0.354 e. The van der Waals surface area contributed by atoms with Gasteiger partial charge in [-0.25, -0.2) is 0 Å².